The smallest absolute Gasteiger partial charge is 0.266 e. The maximum absolute atomic E-state index is 14.2. The van der Waals surface area contributed by atoms with Gasteiger partial charge in [-0.15, -0.1) is 0 Å². The lowest BCUT2D eigenvalue weighted by Gasteiger charge is -2.31. The molecular weight excluding hydrogens is 470 g/mol. The van der Waals surface area contributed by atoms with E-state index in [1.165, 1.54) is 0 Å². The Morgan fingerprint density at radius 1 is 0.816 bits per heavy atom. The summed E-state index contributed by atoms with van der Waals surface area (Å²) < 4.78 is 1.67. The molecule has 0 saturated carbocycles. The number of benzene rings is 4. The van der Waals surface area contributed by atoms with E-state index >= 15 is 0 Å². The van der Waals surface area contributed by atoms with Gasteiger partial charge in [-0.1, -0.05) is 92.9 Å². The first-order chi connectivity index (χ1) is 18.6. The van der Waals surface area contributed by atoms with Gasteiger partial charge in [0.1, 0.15) is 5.82 Å². The Morgan fingerprint density at radius 3 is 2.29 bits per heavy atom. The Labute approximate surface area is 223 Å². The summed E-state index contributed by atoms with van der Waals surface area (Å²) in [4.78, 5) is 34.9. The third-order valence-electron chi connectivity index (χ3n) is 7.19. The molecule has 0 fully saturated rings. The first kappa shape index (κ1) is 25.4. The molecular formula is C33H33N3O2. The number of aromatic nitrogens is 2. The molecule has 5 nitrogen and oxygen atoms in total. The summed E-state index contributed by atoms with van der Waals surface area (Å²) in [6.45, 7) is 4.75. The van der Waals surface area contributed by atoms with Crippen molar-refractivity contribution >= 4 is 27.6 Å². The van der Waals surface area contributed by atoms with Gasteiger partial charge in [0.2, 0.25) is 0 Å². The molecule has 5 heteroatoms. The van der Waals surface area contributed by atoms with Gasteiger partial charge in [-0.3, -0.25) is 14.2 Å². The van der Waals surface area contributed by atoms with Crippen LogP contribution in [-0.4, -0.2) is 26.9 Å². The number of hydrogen-bond donors (Lipinski definition) is 0. The standard InChI is InChI=1S/C33H33N3O2/c1-3-4-5-13-23-35(32(37)28-21-14-16-25-15-9-10-19-27(25)28)24(2)31-34-30-22-12-11-20-29(30)33(38)36(31)26-17-7-6-8-18-26/h6-12,14-22,24H,3-5,13,23H2,1-2H3. The molecule has 38 heavy (non-hydrogen) atoms. The summed E-state index contributed by atoms with van der Waals surface area (Å²) in [6, 6.07) is 30.4. The van der Waals surface area contributed by atoms with E-state index in [4.69, 9.17) is 4.98 Å². The lowest BCUT2D eigenvalue weighted by molar-refractivity contribution is 0.0679. The van der Waals surface area contributed by atoms with Gasteiger partial charge in [0.05, 0.1) is 22.6 Å². The van der Waals surface area contributed by atoms with Gasteiger partial charge in [-0.2, -0.15) is 0 Å². The zero-order valence-electron chi connectivity index (χ0n) is 22.0. The lowest BCUT2D eigenvalue weighted by atomic mass is 10.0. The molecule has 0 aliphatic heterocycles. The van der Waals surface area contributed by atoms with Crippen molar-refractivity contribution in [3.8, 4) is 5.69 Å². The van der Waals surface area contributed by atoms with Crippen molar-refractivity contribution in [1.29, 1.82) is 0 Å². The predicted octanol–water partition coefficient (Wildman–Crippen LogP) is 7.32. The topological polar surface area (TPSA) is 55.2 Å². The fraction of sp³-hybridized carbons (Fsp3) is 0.242. The van der Waals surface area contributed by atoms with Gasteiger partial charge in [0.15, 0.2) is 0 Å². The summed E-state index contributed by atoms with van der Waals surface area (Å²) in [6.07, 6.45) is 4.16. The average molecular weight is 504 g/mol. The monoisotopic (exact) mass is 503 g/mol. The summed E-state index contributed by atoms with van der Waals surface area (Å²) in [5.74, 6) is 0.511. The molecule has 5 aromatic rings. The second-order valence-electron chi connectivity index (χ2n) is 9.73. The van der Waals surface area contributed by atoms with Crippen molar-refractivity contribution in [2.24, 2.45) is 0 Å². The van der Waals surface area contributed by atoms with E-state index in [9.17, 15) is 9.59 Å². The van der Waals surface area contributed by atoms with Crippen LogP contribution in [0.1, 0.15) is 61.8 Å². The minimum atomic E-state index is -0.430. The highest BCUT2D eigenvalue weighted by Crippen LogP contribution is 2.27. The molecule has 0 spiro atoms. The molecule has 1 aromatic heterocycles. The maximum Gasteiger partial charge on any atom is 0.266 e. The molecule has 0 N–H and O–H groups in total. The predicted molar refractivity (Wildman–Crippen MR) is 155 cm³/mol. The highest BCUT2D eigenvalue weighted by Gasteiger charge is 2.28. The molecule has 1 unspecified atom stereocenters. The van der Waals surface area contributed by atoms with E-state index in [1.807, 2.05) is 109 Å². The molecule has 0 aliphatic carbocycles. The summed E-state index contributed by atoms with van der Waals surface area (Å²) >= 11 is 0. The van der Waals surface area contributed by atoms with Crippen LogP contribution in [-0.2, 0) is 0 Å². The van der Waals surface area contributed by atoms with Crippen LogP contribution in [0.25, 0.3) is 27.4 Å². The van der Waals surface area contributed by atoms with Crippen LogP contribution in [0.4, 0.5) is 0 Å². The molecule has 4 aromatic carbocycles. The first-order valence-electron chi connectivity index (χ1n) is 13.5. The van der Waals surface area contributed by atoms with Gasteiger partial charge in [-0.25, -0.2) is 4.98 Å². The minimum Gasteiger partial charge on any atom is -0.329 e. The Bertz CT molecular complexity index is 1620. The molecule has 192 valence electrons. The highest BCUT2D eigenvalue weighted by molar-refractivity contribution is 6.07. The number of carbonyl (C=O) groups excluding carboxylic acids is 1. The Morgan fingerprint density at radius 2 is 1.50 bits per heavy atom. The van der Waals surface area contributed by atoms with Crippen LogP contribution >= 0.6 is 0 Å². The summed E-state index contributed by atoms with van der Waals surface area (Å²) in [5.41, 5.74) is 1.91. The third kappa shape index (κ3) is 4.97. The van der Waals surface area contributed by atoms with Crippen LogP contribution in [0.2, 0.25) is 0 Å². The minimum absolute atomic E-state index is 0.0483. The number of carbonyl (C=O) groups is 1. The number of para-hydroxylation sites is 2. The average Bonchev–Trinajstić information content (AvgIpc) is 2.96. The third-order valence-corrected chi connectivity index (χ3v) is 7.19. The normalized spacial score (nSPS) is 12.1. The lowest BCUT2D eigenvalue weighted by Crippen LogP contribution is -2.38. The Hall–Kier alpha value is -4.25. The van der Waals surface area contributed by atoms with E-state index in [-0.39, 0.29) is 11.5 Å². The molecule has 0 aliphatic rings. The van der Waals surface area contributed by atoms with E-state index in [1.54, 1.807) is 4.57 Å². The second-order valence-corrected chi connectivity index (χ2v) is 9.73. The zero-order chi connectivity index (χ0) is 26.5. The fourth-order valence-electron chi connectivity index (χ4n) is 5.14. The molecule has 1 atom stereocenters. The second kappa shape index (κ2) is 11.4. The zero-order valence-corrected chi connectivity index (χ0v) is 22.0. The van der Waals surface area contributed by atoms with Crippen LogP contribution in [0.15, 0.2) is 102 Å². The molecule has 1 amide bonds. The SMILES string of the molecule is CCCCCCN(C(=O)c1cccc2ccccc12)C(C)c1nc2ccccc2c(=O)n1-c1ccccc1. The van der Waals surface area contributed by atoms with Crippen LogP contribution in [0, 0.1) is 0 Å². The number of hydrogen-bond acceptors (Lipinski definition) is 3. The number of rotatable bonds is 9. The number of nitrogens with zero attached hydrogens (tertiary/aromatic N) is 3. The van der Waals surface area contributed by atoms with Crippen molar-refractivity contribution in [2.45, 2.75) is 45.6 Å². The summed E-state index contributed by atoms with van der Waals surface area (Å²) in [5, 5.41) is 2.52. The Kier molecular flexibility index (Phi) is 7.64. The van der Waals surface area contributed by atoms with Crippen molar-refractivity contribution in [3.05, 3.63) is 119 Å². The largest absolute Gasteiger partial charge is 0.329 e. The van der Waals surface area contributed by atoms with Gasteiger partial charge < -0.3 is 4.90 Å². The van der Waals surface area contributed by atoms with E-state index < -0.39 is 6.04 Å². The quantitative estimate of drug-likeness (QED) is 0.198. The number of fused-ring (bicyclic) bond motifs is 2. The molecule has 0 bridgehead atoms. The first-order valence-corrected chi connectivity index (χ1v) is 13.5. The van der Waals surface area contributed by atoms with E-state index in [0.29, 0.717) is 28.8 Å². The Balaban J connectivity index is 1.65. The molecule has 0 radical (unpaired) electrons. The summed E-state index contributed by atoms with van der Waals surface area (Å²) in [7, 11) is 0. The molecule has 1 heterocycles. The van der Waals surface area contributed by atoms with E-state index in [0.717, 1.165) is 42.1 Å². The van der Waals surface area contributed by atoms with Crippen LogP contribution in [0.3, 0.4) is 0 Å². The van der Waals surface area contributed by atoms with Crippen molar-refractivity contribution < 1.29 is 4.79 Å². The van der Waals surface area contributed by atoms with Crippen molar-refractivity contribution in [1.82, 2.24) is 14.5 Å². The van der Waals surface area contributed by atoms with Crippen LogP contribution < -0.4 is 5.56 Å². The fourth-order valence-corrected chi connectivity index (χ4v) is 5.14. The van der Waals surface area contributed by atoms with Gasteiger partial charge >= 0.3 is 0 Å². The number of unbranched alkanes of at least 4 members (excludes halogenated alkanes) is 3. The van der Waals surface area contributed by atoms with Crippen molar-refractivity contribution in [3.63, 3.8) is 0 Å². The highest BCUT2D eigenvalue weighted by atomic mass is 16.2. The van der Waals surface area contributed by atoms with Crippen LogP contribution in [0.5, 0.6) is 0 Å². The van der Waals surface area contributed by atoms with Gasteiger partial charge in [0.25, 0.3) is 11.5 Å². The number of amides is 1. The van der Waals surface area contributed by atoms with Gasteiger partial charge in [-0.05, 0) is 54.4 Å². The van der Waals surface area contributed by atoms with Gasteiger partial charge in [0, 0.05) is 12.1 Å². The molecule has 5 rings (SSSR count). The van der Waals surface area contributed by atoms with Crippen molar-refractivity contribution in [2.75, 3.05) is 6.54 Å². The maximum atomic E-state index is 14.2. The molecule has 0 saturated heterocycles. The van der Waals surface area contributed by atoms with E-state index in [2.05, 4.69) is 6.92 Å².